The fourth-order valence-corrected chi connectivity index (χ4v) is 2.58. The summed E-state index contributed by atoms with van der Waals surface area (Å²) in [7, 11) is 0. The van der Waals surface area contributed by atoms with Crippen molar-refractivity contribution >= 4 is 52.7 Å². The van der Waals surface area contributed by atoms with Gasteiger partial charge in [-0.1, -0.05) is 34.8 Å². The van der Waals surface area contributed by atoms with E-state index in [1.165, 1.54) is 19.2 Å². The molecular formula is C15H18Cl3F6N3O4. The summed E-state index contributed by atoms with van der Waals surface area (Å²) in [5.41, 5.74) is -3.48. The van der Waals surface area contributed by atoms with Crippen molar-refractivity contribution in [1.29, 1.82) is 0 Å². The maximum atomic E-state index is 12.7. The second-order valence-corrected chi connectivity index (χ2v) is 9.56. The molecular weight excluding hydrogens is 507 g/mol. The van der Waals surface area contributed by atoms with Gasteiger partial charge in [-0.2, -0.15) is 26.3 Å². The summed E-state index contributed by atoms with van der Waals surface area (Å²) in [5.74, 6) is -4.79. The van der Waals surface area contributed by atoms with E-state index in [0.717, 1.165) is 4.90 Å². The van der Waals surface area contributed by atoms with Crippen LogP contribution in [0.2, 0.25) is 0 Å². The molecule has 0 aromatic rings. The van der Waals surface area contributed by atoms with Crippen LogP contribution >= 0.6 is 34.8 Å². The number of nitrogens with one attached hydrogen (secondary N) is 2. The van der Waals surface area contributed by atoms with Gasteiger partial charge < -0.3 is 20.3 Å². The molecule has 0 spiro atoms. The van der Waals surface area contributed by atoms with Gasteiger partial charge in [0.25, 0.3) is 0 Å². The number of hydrogen-bond acceptors (Lipinski definition) is 4. The van der Waals surface area contributed by atoms with E-state index < -0.39 is 64.6 Å². The first kappa shape index (κ1) is 27.7. The van der Waals surface area contributed by atoms with Crippen molar-refractivity contribution in [1.82, 2.24) is 15.5 Å². The summed E-state index contributed by atoms with van der Waals surface area (Å²) in [4.78, 5) is 35.7. The van der Waals surface area contributed by atoms with Crippen LogP contribution in [0.4, 0.5) is 31.1 Å². The topological polar surface area (TPSA) is 87.7 Å². The number of halogens is 9. The molecule has 0 radical (unpaired) electrons. The first-order valence-corrected chi connectivity index (χ1v) is 9.63. The fourth-order valence-electron chi connectivity index (χ4n) is 2.47. The van der Waals surface area contributed by atoms with E-state index >= 15 is 0 Å². The van der Waals surface area contributed by atoms with E-state index in [2.05, 4.69) is 0 Å². The zero-order chi connectivity index (χ0) is 24.5. The fraction of sp³-hybridized carbons (Fsp3) is 0.800. The van der Waals surface area contributed by atoms with Crippen LogP contribution < -0.4 is 10.6 Å². The van der Waals surface area contributed by atoms with E-state index in [0.29, 0.717) is 0 Å². The largest absolute Gasteiger partial charge is 0.471 e. The number of carbonyl (C=O) groups is 3. The molecule has 0 atom stereocenters. The highest BCUT2D eigenvalue weighted by Crippen LogP contribution is 2.40. The molecule has 3 amide bonds. The average molecular weight is 525 g/mol. The standard InChI is InChI=1S/C15H18Cl3F6N3O4/c1-11(2,15(16,17)18)31-10(30)27-5-3-12(4-6-27,26-9(29)14(22,23)24)7-25-8(28)13(19,20)21/h3-7H2,1-2H3,(H,25,28)(H,26,29). The highest BCUT2D eigenvalue weighted by Gasteiger charge is 2.49. The molecule has 180 valence electrons. The van der Waals surface area contributed by atoms with E-state index in [1.54, 1.807) is 5.32 Å². The molecule has 1 rings (SSSR count). The Hall–Kier alpha value is -1.34. The van der Waals surface area contributed by atoms with Crippen molar-refractivity contribution in [2.24, 2.45) is 0 Å². The van der Waals surface area contributed by atoms with Crippen molar-refractivity contribution in [3.8, 4) is 0 Å². The van der Waals surface area contributed by atoms with Crippen molar-refractivity contribution in [2.45, 2.75) is 54.0 Å². The number of rotatable bonds is 4. The minimum atomic E-state index is -5.31. The summed E-state index contributed by atoms with van der Waals surface area (Å²) >= 11 is 17.1. The summed E-state index contributed by atoms with van der Waals surface area (Å²) in [5, 5.41) is 3.08. The van der Waals surface area contributed by atoms with Crippen LogP contribution in [-0.4, -0.2) is 69.7 Å². The summed E-state index contributed by atoms with van der Waals surface area (Å²) in [6.07, 6.45) is -12.4. The van der Waals surface area contributed by atoms with Gasteiger partial charge in [-0.3, -0.25) is 9.59 Å². The zero-order valence-electron chi connectivity index (χ0n) is 16.0. The smallest absolute Gasteiger partial charge is 0.439 e. The summed E-state index contributed by atoms with van der Waals surface area (Å²) < 4.78 is 78.3. The maximum Gasteiger partial charge on any atom is 0.471 e. The van der Waals surface area contributed by atoms with Crippen LogP contribution in [0.15, 0.2) is 0 Å². The van der Waals surface area contributed by atoms with Gasteiger partial charge in [-0.05, 0) is 26.7 Å². The number of ether oxygens (including phenoxy) is 1. The number of carbonyl (C=O) groups excluding carboxylic acids is 3. The lowest BCUT2D eigenvalue weighted by Gasteiger charge is -2.43. The molecule has 1 heterocycles. The molecule has 0 aromatic heterocycles. The van der Waals surface area contributed by atoms with E-state index in [9.17, 15) is 40.7 Å². The Balaban J connectivity index is 2.92. The normalized spacial score (nSPS) is 17.7. The monoisotopic (exact) mass is 523 g/mol. The van der Waals surface area contributed by atoms with Crippen LogP contribution in [0.1, 0.15) is 26.7 Å². The molecule has 1 aliphatic rings. The van der Waals surface area contributed by atoms with Crippen LogP contribution in [0, 0.1) is 0 Å². The number of amides is 3. The second kappa shape index (κ2) is 9.26. The zero-order valence-corrected chi connectivity index (χ0v) is 18.3. The summed E-state index contributed by atoms with van der Waals surface area (Å²) in [6, 6.07) is 0. The highest BCUT2D eigenvalue weighted by atomic mass is 35.6. The quantitative estimate of drug-likeness (QED) is 0.436. The van der Waals surface area contributed by atoms with Crippen molar-refractivity contribution in [3.63, 3.8) is 0 Å². The predicted molar refractivity (Wildman–Crippen MR) is 97.7 cm³/mol. The first-order chi connectivity index (χ1) is 13.7. The number of piperidine rings is 1. The Morgan fingerprint density at radius 3 is 1.77 bits per heavy atom. The Labute approximate surface area is 187 Å². The van der Waals surface area contributed by atoms with E-state index in [1.807, 2.05) is 0 Å². The molecule has 1 aliphatic heterocycles. The Kier molecular flexibility index (Phi) is 8.27. The molecule has 0 aliphatic carbocycles. The van der Waals surface area contributed by atoms with Crippen LogP contribution in [0.5, 0.6) is 0 Å². The number of likely N-dealkylation sites (tertiary alicyclic amines) is 1. The molecule has 0 aromatic carbocycles. The van der Waals surface area contributed by atoms with Crippen LogP contribution in [0.25, 0.3) is 0 Å². The van der Waals surface area contributed by atoms with Crippen molar-refractivity contribution in [2.75, 3.05) is 19.6 Å². The lowest BCUT2D eigenvalue weighted by atomic mass is 9.87. The van der Waals surface area contributed by atoms with Gasteiger partial charge >= 0.3 is 30.3 Å². The average Bonchev–Trinajstić information content (AvgIpc) is 2.57. The molecule has 2 N–H and O–H groups in total. The molecule has 1 fully saturated rings. The molecule has 0 unspecified atom stereocenters. The Morgan fingerprint density at radius 2 is 1.39 bits per heavy atom. The lowest BCUT2D eigenvalue weighted by molar-refractivity contribution is -0.177. The van der Waals surface area contributed by atoms with Crippen LogP contribution in [0.3, 0.4) is 0 Å². The molecule has 16 heteroatoms. The van der Waals surface area contributed by atoms with Gasteiger partial charge in [0.15, 0.2) is 5.60 Å². The number of alkyl halides is 9. The SMILES string of the molecule is CC(C)(OC(=O)N1CCC(CNC(=O)C(F)(F)F)(NC(=O)C(F)(F)F)CC1)C(Cl)(Cl)Cl. The van der Waals surface area contributed by atoms with E-state index in [4.69, 9.17) is 39.5 Å². The minimum absolute atomic E-state index is 0.325. The van der Waals surface area contributed by atoms with Gasteiger partial charge in [0.1, 0.15) is 0 Å². The first-order valence-electron chi connectivity index (χ1n) is 8.49. The van der Waals surface area contributed by atoms with Gasteiger partial charge in [0, 0.05) is 19.6 Å². The van der Waals surface area contributed by atoms with Crippen molar-refractivity contribution < 1.29 is 45.5 Å². The van der Waals surface area contributed by atoms with E-state index in [-0.39, 0.29) is 13.1 Å². The number of hydrogen-bond donors (Lipinski definition) is 2. The minimum Gasteiger partial charge on any atom is -0.439 e. The molecule has 0 saturated carbocycles. The maximum absolute atomic E-state index is 12.7. The van der Waals surface area contributed by atoms with Gasteiger partial charge in [0.05, 0.1) is 5.54 Å². The Morgan fingerprint density at radius 1 is 0.935 bits per heavy atom. The van der Waals surface area contributed by atoms with Gasteiger partial charge in [-0.15, -0.1) is 0 Å². The van der Waals surface area contributed by atoms with Gasteiger partial charge in [-0.25, -0.2) is 4.79 Å². The molecule has 31 heavy (non-hydrogen) atoms. The number of nitrogens with zero attached hydrogens (tertiary/aromatic N) is 1. The summed E-state index contributed by atoms with van der Waals surface area (Å²) in [6.45, 7) is 0.990. The lowest BCUT2D eigenvalue weighted by Crippen LogP contribution is -2.63. The molecule has 7 nitrogen and oxygen atoms in total. The molecule has 0 bridgehead atoms. The second-order valence-electron chi connectivity index (χ2n) is 7.28. The van der Waals surface area contributed by atoms with Crippen LogP contribution in [-0.2, 0) is 14.3 Å². The third kappa shape index (κ3) is 7.63. The Bertz CT molecular complexity index is 702. The predicted octanol–water partition coefficient (Wildman–Crippen LogP) is 3.46. The van der Waals surface area contributed by atoms with Crippen molar-refractivity contribution in [3.05, 3.63) is 0 Å². The van der Waals surface area contributed by atoms with Gasteiger partial charge in [0.2, 0.25) is 3.79 Å². The third-order valence-corrected chi connectivity index (χ3v) is 5.85. The molecule has 1 saturated heterocycles. The third-order valence-electron chi connectivity index (χ3n) is 4.48. The highest BCUT2D eigenvalue weighted by molar-refractivity contribution is 6.68.